The molecule has 4 aromatic rings. The fraction of sp³-hybridized carbons (Fsp3) is 0.375. The Morgan fingerprint density at radius 2 is 1.21 bits per heavy atom. The van der Waals surface area contributed by atoms with Crippen molar-refractivity contribution in [2.24, 2.45) is 0 Å². The molecule has 0 aliphatic heterocycles. The van der Waals surface area contributed by atoms with Crippen molar-refractivity contribution in [1.29, 1.82) is 0 Å². The first-order chi connectivity index (χ1) is 15.9. The third-order valence-corrected chi connectivity index (χ3v) is 5.93. The van der Waals surface area contributed by atoms with Crippen molar-refractivity contribution in [1.82, 2.24) is 39.0 Å². The Morgan fingerprint density at radius 1 is 0.758 bits per heavy atom. The molecule has 0 aromatic carbocycles. The number of anilines is 2. The lowest BCUT2D eigenvalue weighted by molar-refractivity contribution is 0.0368. The summed E-state index contributed by atoms with van der Waals surface area (Å²) in [5.74, 6) is 0.586. The van der Waals surface area contributed by atoms with Gasteiger partial charge in [-0.3, -0.25) is 9.13 Å². The van der Waals surface area contributed by atoms with Crippen LogP contribution >= 0.6 is 6.72 Å². The summed E-state index contributed by atoms with van der Waals surface area (Å²) in [7, 11) is 0. The second-order valence-corrected chi connectivity index (χ2v) is 9.34. The van der Waals surface area contributed by atoms with Crippen molar-refractivity contribution < 1.29 is 23.4 Å². The van der Waals surface area contributed by atoms with Gasteiger partial charge in [-0.15, -0.1) is 0 Å². The van der Waals surface area contributed by atoms with E-state index >= 15 is 0 Å². The van der Waals surface area contributed by atoms with Crippen LogP contribution in [0.1, 0.15) is 0 Å². The molecule has 0 saturated carbocycles. The maximum Gasteiger partial charge on any atom is 0.324 e. The minimum Gasteiger partial charge on any atom is -0.382 e. The number of aromatic nitrogens is 8. The molecule has 0 amide bonds. The van der Waals surface area contributed by atoms with Crippen LogP contribution in [0.3, 0.4) is 0 Å². The van der Waals surface area contributed by atoms with Gasteiger partial charge >= 0.3 is 6.72 Å². The zero-order valence-electron chi connectivity index (χ0n) is 17.2. The van der Waals surface area contributed by atoms with Crippen LogP contribution in [0.15, 0.2) is 25.3 Å². The van der Waals surface area contributed by atoms with E-state index in [1.807, 2.05) is 0 Å². The summed E-state index contributed by atoms with van der Waals surface area (Å²) in [6.07, 6.45) is 5.79. The first-order valence-electron chi connectivity index (χ1n) is 9.54. The molecule has 5 N–H and O–H groups in total. The van der Waals surface area contributed by atoms with Crippen LogP contribution in [0.5, 0.6) is 0 Å². The zero-order valence-corrected chi connectivity index (χ0v) is 18.9. The van der Waals surface area contributed by atoms with Crippen LogP contribution < -0.4 is 11.5 Å². The first-order valence-corrected chi connectivity index (χ1v) is 12.1. The molecule has 176 valence electrons. The number of imidazole rings is 2. The third kappa shape index (κ3) is 5.75. The van der Waals surface area contributed by atoms with Gasteiger partial charge in [-0.25, -0.2) is 29.9 Å². The molecule has 0 spiro atoms. The summed E-state index contributed by atoms with van der Waals surface area (Å²) in [5, 5.41) is 0. The fourth-order valence-electron chi connectivity index (χ4n) is 2.77. The minimum absolute atomic E-state index is 0.0422. The molecule has 0 fully saturated rings. The summed E-state index contributed by atoms with van der Waals surface area (Å²) in [4.78, 5) is 34.4. The quantitative estimate of drug-likeness (QED) is 0.175. The Kier molecular flexibility index (Phi) is 7.34. The Balaban J connectivity index is 1.12. The van der Waals surface area contributed by atoms with Crippen molar-refractivity contribution in [3.63, 3.8) is 0 Å². The van der Waals surface area contributed by atoms with Crippen LogP contribution in [-0.4, -0.2) is 70.4 Å². The van der Waals surface area contributed by atoms with Crippen molar-refractivity contribution in [2.45, 2.75) is 13.5 Å². The SMILES string of the molecule is Nc1ncnc2c1ncn2COCCOP(O)(=S)OCCOCn1cnc2c(N)ncnc21. The van der Waals surface area contributed by atoms with E-state index in [0.717, 1.165) is 0 Å². The van der Waals surface area contributed by atoms with E-state index in [-0.39, 0.29) is 39.9 Å². The maximum absolute atomic E-state index is 10.1. The fourth-order valence-corrected chi connectivity index (χ4v) is 3.90. The number of fused-ring (bicyclic) bond motifs is 2. The second kappa shape index (κ2) is 10.4. The van der Waals surface area contributed by atoms with E-state index in [4.69, 9.17) is 41.8 Å². The van der Waals surface area contributed by atoms with Crippen molar-refractivity contribution in [2.75, 3.05) is 37.9 Å². The van der Waals surface area contributed by atoms with Gasteiger partial charge < -0.3 is 34.9 Å². The topological polar surface area (TPSA) is 196 Å². The van der Waals surface area contributed by atoms with Crippen molar-refractivity contribution >= 4 is 52.5 Å². The van der Waals surface area contributed by atoms with Gasteiger partial charge in [0.05, 0.1) is 39.1 Å². The lowest BCUT2D eigenvalue weighted by Gasteiger charge is -2.16. The lowest BCUT2D eigenvalue weighted by Crippen LogP contribution is -2.10. The zero-order chi connectivity index (χ0) is 23.3. The van der Waals surface area contributed by atoms with E-state index in [0.29, 0.717) is 34.0 Å². The summed E-state index contributed by atoms with van der Waals surface area (Å²) < 4.78 is 24.8. The van der Waals surface area contributed by atoms with Crippen LogP contribution in [0.4, 0.5) is 11.6 Å². The Hall–Kier alpha value is -2.85. The van der Waals surface area contributed by atoms with Gasteiger partial charge in [0.1, 0.15) is 37.1 Å². The number of ether oxygens (including phenoxy) is 2. The number of nitrogens with zero attached hydrogens (tertiary/aromatic N) is 8. The molecule has 0 aliphatic carbocycles. The van der Waals surface area contributed by atoms with Gasteiger partial charge in [0.15, 0.2) is 22.9 Å². The molecule has 4 aromatic heterocycles. The van der Waals surface area contributed by atoms with Crippen LogP contribution in [-0.2, 0) is 43.8 Å². The summed E-state index contributed by atoms with van der Waals surface area (Å²) >= 11 is 4.98. The number of nitrogen functional groups attached to an aromatic ring is 2. The first kappa shape index (κ1) is 23.3. The maximum atomic E-state index is 10.1. The smallest absolute Gasteiger partial charge is 0.324 e. The lowest BCUT2D eigenvalue weighted by atomic mass is 10.5. The predicted molar refractivity (Wildman–Crippen MR) is 120 cm³/mol. The number of nitrogens with two attached hydrogens (primary N) is 2. The van der Waals surface area contributed by atoms with E-state index < -0.39 is 6.72 Å². The normalized spacial score (nSPS) is 12.2. The Bertz CT molecular complexity index is 1190. The molecule has 0 radical (unpaired) electrons. The highest BCUT2D eigenvalue weighted by Gasteiger charge is 2.15. The van der Waals surface area contributed by atoms with E-state index in [9.17, 15) is 4.89 Å². The molecule has 0 unspecified atom stereocenters. The highest BCUT2D eigenvalue weighted by Crippen LogP contribution is 2.43. The van der Waals surface area contributed by atoms with Gasteiger partial charge in [-0.2, -0.15) is 0 Å². The minimum atomic E-state index is -3.42. The van der Waals surface area contributed by atoms with Gasteiger partial charge in [0.2, 0.25) is 0 Å². The summed E-state index contributed by atoms with van der Waals surface area (Å²) in [5.41, 5.74) is 13.6. The predicted octanol–water partition coefficient (Wildman–Crippen LogP) is 0.0288. The molecule has 0 saturated heterocycles. The van der Waals surface area contributed by atoms with E-state index in [1.165, 1.54) is 12.7 Å². The highest BCUT2D eigenvalue weighted by atomic mass is 32.5. The molecule has 0 atom stereocenters. The molecule has 4 heterocycles. The van der Waals surface area contributed by atoms with E-state index in [1.54, 1.807) is 21.8 Å². The second-order valence-electron chi connectivity index (χ2n) is 6.50. The Labute approximate surface area is 192 Å². The monoisotopic (exact) mass is 496 g/mol. The molecule has 4 rings (SSSR count). The average Bonchev–Trinajstić information content (AvgIpc) is 3.39. The molecule has 33 heavy (non-hydrogen) atoms. The molecule has 0 aliphatic rings. The third-order valence-electron chi connectivity index (χ3n) is 4.28. The van der Waals surface area contributed by atoms with Gasteiger partial charge in [0, 0.05) is 0 Å². The molecule has 15 nitrogen and oxygen atoms in total. The summed E-state index contributed by atoms with van der Waals surface area (Å²) in [6.45, 7) is -2.68. The number of hydrogen-bond donors (Lipinski definition) is 3. The van der Waals surface area contributed by atoms with Crippen LogP contribution in [0, 0.1) is 0 Å². The van der Waals surface area contributed by atoms with Gasteiger partial charge in [-0.05, 0) is 11.8 Å². The standard InChI is InChI=1S/C16H21N10O5PS/c17-13-11-15(21-5-19-13)25(7-23-11)9-28-1-3-30-32(27,33)31-4-2-29-10-26-8-24-12-14(18)20-6-22-16(12)26/h5-8H,1-4,9-10H2,(H,27,33)(H2,17,19,21)(H2,18,20,22). The molecular weight excluding hydrogens is 475 g/mol. The Morgan fingerprint density at radius 3 is 1.67 bits per heavy atom. The van der Waals surface area contributed by atoms with E-state index in [2.05, 4.69) is 29.9 Å². The molecule has 0 bridgehead atoms. The number of hydrogen-bond acceptors (Lipinski definition) is 13. The van der Waals surface area contributed by atoms with Crippen LogP contribution in [0.2, 0.25) is 0 Å². The van der Waals surface area contributed by atoms with Crippen molar-refractivity contribution in [3.05, 3.63) is 25.3 Å². The largest absolute Gasteiger partial charge is 0.382 e. The highest BCUT2D eigenvalue weighted by molar-refractivity contribution is 8.07. The number of rotatable bonds is 12. The van der Waals surface area contributed by atoms with Gasteiger partial charge in [-0.1, -0.05) is 0 Å². The van der Waals surface area contributed by atoms with Gasteiger partial charge in [0.25, 0.3) is 0 Å². The molecule has 17 heteroatoms. The summed E-state index contributed by atoms with van der Waals surface area (Å²) in [6, 6.07) is 0. The van der Waals surface area contributed by atoms with Crippen molar-refractivity contribution in [3.8, 4) is 0 Å². The average molecular weight is 496 g/mol. The molecular formula is C16H21N10O5PS. The van der Waals surface area contributed by atoms with Crippen LogP contribution in [0.25, 0.3) is 22.3 Å².